The van der Waals surface area contributed by atoms with E-state index in [4.69, 9.17) is 4.74 Å². The molecule has 0 unspecified atom stereocenters. The average molecular weight is 506 g/mol. The van der Waals surface area contributed by atoms with Gasteiger partial charge in [-0.3, -0.25) is 23.5 Å². The van der Waals surface area contributed by atoms with E-state index in [-0.39, 0.29) is 24.6 Å². The number of hydrogen-bond donors (Lipinski definition) is 1. The number of aromatic nitrogens is 2. The molecule has 8 nitrogen and oxygen atoms in total. The highest BCUT2D eigenvalue weighted by Crippen LogP contribution is 2.23. The lowest BCUT2D eigenvalue weighted by atomic mass is 10.1. The number of anilines is 1. The summed E-state index contributed by atoms with van der Waals surface area (Å²) in [7, 11) is 1.53. The molecule has 2 heterocycles. The number of ether oxygens (including phenoxy) is 1. The molecule has 2 aromatic carbocycles. The summed E-state index contributed by atoms with van der Waals surface area (Å²) in [5.41, 5.74) is 1.75. The summed E-state index contributed by atoms with van der Waals surface area (Å²) >= 11 is 1.29. The number of benzene rings is 2. The van der Waals surface area contributed by atoms with Gasteiger partial charge in [0.1, 0.15) is 16.7 Å². The van der Waals surface area contributed by atoms with Crippen molar-refractivity contribution < 1.29 is 14.3 Å². The van der Waals surface area contributed by atoms with Crippen molar-refractivity contribution in [2.45, 2.75) is 38.8 Å². The van der Waals surface area contributed by atoms with E-state index in [9.17, 15) is 19.2 Å². The van der Waals surface area contributed by atoms with E-state index in [0.717, 1.165) is 12.0 Å². The van der Waals surface area contributed by atoms with Crippen molar-refractivity contribution in [3.05, 3.63) is 91.9 Å². The van der Waals surface area contributed by atoms with Crippen LogP contribution in [0.5, 0.6) is 5.75 Å². The van der Waals surface area contributed by atoms with Crippen LogP contribution in [0.3, 0.4) is 0 Å². The van der Waals surface area contributed by atoms with Crippen LogP contribution in [0, 0.1) is 0 Å². The third-order valence-corrected chi connectivity index (χ3v) is 6.84. The molecule has 186 valence electrons. The average Bonchev–Trinajstić information content (AvgIpc) is 3.38. The number of para-hydroxylation sites is 1. The van der Waals surface area contributed by atoms with E-state index in [0.29, 0.717) is 52.8 Å². The lowest BCUT2D eigenvalue weighted by Gasteiger charge is -2.14. The molecule has 4 rings (SSSR count). The van der Waals surface area contributed by atoms with Crippen molar-refractivity contribution in [3.8, 4) is 5.75 Å². The van der Waals surface area contributed by atoms with Crippen molar-refractivity contribution in [2.24, 2.45) is 0 Å². The number of nitrogens with zero attached hydrogens (tertiary/aromatic N) is 2. The van der Waals surface area contributed by atoms with Crippen LogP contribution in [0.4, 0.5) is 5.69 Å². The Balaban J connectivity index is 1.48. The summed E-state index contributed by atoms with van der Waals surface area (Å²) in [5.74, 6) is 0.495. The number of amides is 1. The van der Waals surface area contributed by atoms with Gasteiger partial charge in [-0.05, 0) is 54.6 Å². The number of aldehydes is 1. The third kappa shape index (κ3) is 5.63. The molecule has 0 aliphatic carbocycles. The van der Waals surface area contributed by atoms with Gasteiger partial charge in [-0.25, -0.2) is 4.79 Å². The lowest BCUT2D eigenvalue weighted by molar-refractivity contribution is -0.116. The van der Waals surface area contributed by atoms with Crippen molar-refractivity contribution in [1.82, 2.24) is 9.13 Å². The van der Waals surface area contributed by atoms with E-state index < -0.39 is 5.69 Å². The van der Waals surface area contributed by atoms with Gasteiger partial charge in [0.15, 0.2) is 0 Å². The Kier molecular flexibility index (Phi) is 8.12. The second kappa shape index (κ2) is 11.6. The van der Waals surface area contributed by atoms with Gasteiger partial charge < -0.3 is 10.1 Å². The number of carbonyl (C=O) groups excluding carboxylic acids is 2. The Labute approximate surface area is 211 Å². The smallest absolute Gasteiger partial charge is 0.331 e. The predicted molar refractivity (Wildman–Crippen MR) is 141 cm³/mol. The number of hydrogen-bond acceptors (Lipinski definition) is 6. The Morgan fingerprint density at radius 1 is 1.03 bits per heavy atom. The first-order valence-electron chi connectivity index (χ1n) is 11.7. The zero-order chi connectivity index (χ0) is 25.5. The summed E-state index contributed by atoms with van der Waals surface area (Å²) in [6.45, 7) is 0.425. The molecule has 1 amide bonds. The van der Waals surface area contributed by atoms with Crippen LogP contribution in [0.25, 0.3) is 10.2 Å². The van der Waals surface area contributed by atoms with Gasteiger partial charge in [0.2, 0.25) is 5.91 Å². The molecule has 0 atom stereocenters. The predicted octanol–water partition coefficient (Wildman–Crippen LogP) is 4.29. The second-order valence-electron chi connectivity index (χ2n) is 8.37. The van der Waals surface area contributed by atoms with Gasteiger partial charge in [-0.15, -0.1) is 11.3 Å². The number of rotatable bonds is 11. The Morgan fingerprint density at radius 3 is 2.58 bits per heavy atom. The molecule has 36 heavy (non-hydrogen) atoms. The molecular weight excluding hydrogens is 478 g/mol. The monoisotopic (exact) mass is 505 g/mol. The molecule has 9 heteroatoms. The fourth-order valence-electron chi connectivity index (χ4n) is 4.13. The standard InChI is InChI=1S/C27H27N3O5S/c1-35-23-12-11-19(18-31)16-20(23)17-30-22-13-15-36-25(22)26(33)29(27(30)34)14-7-3-6-10-24(32)28-21-8-4-2-5-9-21/h2,4-5,8-9,11-13,15-16,18H,3,6-7,10,14,17H2,1H3,(H,28,32). The van der Waals surface area contributed by atoms with Crippen molar-refractivity contribution in [1.29, 1.82) is 0 Å². The molecule has 0 bridgehead atoms. The van der Waals surface area contributed by atoms with Gasteiger partial charge >= 0.3 is 5.69 Å². The number of carbonyl (C=O) groups is 2. The van der Waals surface area contributed by atoms with Crippen LogP contribution in [-0.2, 0) is 17.9 Å². The second-order valence-corrected chi connectivity index (χ2v) is 9.29. The lowest BCUT2D eigenvalue weighted by Crippen LogP contribution is -2.39. The summed E-state index contributed by atoms with van der Waals surface area (Å²) in [5, 5.41) is 4.64. The number of unbranched alkanes of at least 4 members (excludes halogenated alkanes) is 2. The highest BCUT2D eigenvalue weighted by atomic mass is 32.1. The molecule has 0 fully saturated rings. The SMILES string of the molecule is COc1ccc(C=O)cc1Cn1c(=O)n(CCCCCC(=O)Nc2ccccc2)c(=O)c2sccc21. The zero-order valence-electron chi connectivity index (χ0n) is 19.9. The zero-order valence-corrected chi connectivity index (χ0v) is 20.8. The van der Waals surface area contributed by atoms with Crippen LogP contribution >= 0.6 is 11.3 Å². The molecule has 0 saturated carbocycles. The number of fused-ring (bicyclic) bond motifs is 1. The Bertz CT molecular complexity index is 1490. The summed E-state index contributed by atoms with van der Waals surface area (Å²) in [6.07, 6.45) is 3.05. The number of thiophene rings is 1. The fourth-order valence-corrected chi connectivity index (χ4v) is 4.97. The maximum absolute atomic E-state index is 13.4. The van der Waals surface area contributed by atoms with Gasteiger partial charge in [0.05, 0.1) is 19.2 Å². The minimum absolute atomic E-state index is 0.0628. The first kappa shape index (κ1) is 25.1. The maximum atomic E-state index is 13.4. The largest absolute Gasteiger partial charge is 0.496 e. The van der Waals surface area contributed by atoms with E-state index >= 15 is 0 Å². The van der Waals surface area contributed by atoms with Gasteiger partial charge in [-0.2, -0.15) is 0 Å². The number of methoxy groups -OCH3 is 1. The summed E-state index contributed by atoms with van der Waals surface area (Å²) < 4.78 is 8.74. The normalized spacial score (nSPS) is 10.9. The van der Waals surface area contributed by atoms with Gasteiger partial charge in [0.25, 0.3) is 5.56 Å². The van der Waals surface area contributed by atoms with Crippen molar-refractivity contribution in [2.75, 3.05) is 12.4 Å². The highest BCUT2D eigenvalue weighted by Gasteiger charge is 2.16. The van der Waals surface area contributed by atoms with Crippen molar-refractivity contribution >= 4 is 39.4 Å². The highest BCUT2D eigenvalue weighted by molar-refractivity contribution is 7.17. The van der Waals surface area contributed by atoms with Crippen molar-refractivity contribution in [3.63, 3.8) is 0 Å². The van der Waals surface area contributed by atoms with E-state index in [1.54, 1.807) is 34.2 Å². The molecular formula is C27H27N3O5S. The molecule has 0 aliphatic heterocycles. The Morgan fingerprint density at radius 2 is 1.83 bits per heavy atom. The first-order valence-corrected chi connectivity index (χ1v) is 12.6. The third-order valence-electron chi connectivity index (χ3n) is 5.95. The van der Waals surface area contributed by atoms with Crippen LogP contribution in [-0.4, -0.2) is 28.4 Å². The molecule has 2 aromatic heterocycles. The van der Waals surface area contributed by atoms with Crippen LogP contribution in [0.2, 0.25) is 0 Å². The molecule has 0 aliphatic rings. The van der Waals surface area contributed by atoms with Crippen LogP contribution in [0.1, 0.15) is 41.6 Å². The van der Waals surface area contributed by atoms with E-state index in [2.05, 4.69) is 5.32 Å². The quantitative estimate of drug-likeness (QED) is 0.242. The first-order chi connectivity index (χ1) is 17.5. The van der Waals surface area contributed by atoms with Gasteiger partial charge in [0, 0.05) is 29.8 Å². The van der Waals surface area contributed by atoms with E-state index in [1.165, 1.54) is 23.0 Å². The van der Waals surface area contributed by atoms with Gasteiger partial charge in [-0.1, -0.05) is 24.6 Å². The number of nitrogens with one attached hydrogen (secondary N) is 1. The minimum atomic E-state index is -0.411. The molecule has 0 spiro atoms. The van der Waals surface area contributed by atoms with Crippen LogP contribution < -0.4 is 21.3 Å². The molecule has 1 N–H and O–H groups in total. The summed E-state index contributed by atoms with van der Waals surface area (Å²) in [4.78, 5) is 49.8. The summed E-state index contributed by atoms with van der Waals surface area (Å²) in [6, 6.07) is 16.1. The molecule has 0 radical (unpaired) electrons. The fraction of sp³-hybridized carbons (Fsp3) is 0.259. The Hall–Kier alpha value is -3.98. The topological polar surface area (TPSA) is 99.4 Å². The molecule has 0 saturated heterocycles. The minimum Gasteiger partial charge on any atom is -0.496 e. The molecule has 4 aromatic rings. The van der Waals surface area contributed by atoms with E-state index in [1.807, 2.05) is 30.3 Å². The van der Waals surface area contributed by atoms with Crippen LogP contribution in [0.15, 0.2) is 69.6 Å². The maximum Gasteiger partial charge on any atom is 0.331 e.